The van der Waals surface area contributed by atoms with Gasteiger partial charge in [-0.2, -0.15) is 0 Å². The number of rotatable bonds is 4. The highest BCUT2D eigenvalue weighted by atomic mass is 35.5. The fourth-order valence-corrected chi connectivity index (χ4v) is 0.397. The number of nitrogens with one attached hydrogen (secondary N) is 1. The van der Waals surface area contributed by atoms with Gasteiger partial charge in [0, 0.05) is 0 Å². The SMILES string of the molecule is N/C(C[NH2+]CC(=O)O)=[NH+]\O.[Cl-].[Cl-]. The maximum atomic E-state index is 9.90. The monoisotopic (exact) mass is 219 g/mol. The van der Waals surface area contributed by atoms with Crippen LogP contribution in [0.15, 0.2) is 0 Å². The molecule has 0 aliphatic heterocycles. The molecule has 0 rings (SSSR count). The Bertz CT molecular complexity index is 152. The molecule has 0 aromatic carbocycles. The molecule has 0 amide bonds. The normalized spacial score (nSPS) is 9.50. The predicted molar refractivity (Wildman–Crippen MR) is 31.2 cm³/mol. The van der Waals surface area contributed by atoms with E-state index in [0.717, 1.165) is 0 Å². The van der Waals surface area contributed by atoms with Crippen LogP contribution in [0, 0.1) is 0 Å². The Morgan fingerprint density at radius 2 is 1.92 bits per heavy atom. The van der Waals surface area contributed by atoms with E-state index in [1.54, 1.807) is 5.16 Å². The highest BCUT2D eigenvalue weighted by Gasteiger charge is 2.03. The van der Waals surface area contributed by atoms with E-state index in [2.05, 4.69) is 0 Å². The van der Waals surface area contributed by atoms with Crippen LogP contribution >= 0.6 is 0 Å². The van der Waals surface area contributed by atoms with Crippen molar-refractivity contribution in [2.75, 3.05) is 13.1 Å². The Morgan fingerprint density at radius 3 is 2.25 bits per heavy atom. The van der Waals surface area contributed by atoms with Crippen LogP contribution in [-0.2, 0) is 4.79 Å². The number of carboxylic acids is 1. The average Bonchev–Trinajstić information content (AvgIpc) is 1.87. The number of nitrogens with two attached hydrogens (primary N) is 2. The van der Waals surface area contributed by atoms with E-state index < -0.39 is 5.97 Å². The van der Waals surface area contributed by atoms with Gasteiger partial charge in [0.1, 0.15) is 0 Å². The molecule has 7 N–H and O–H groups in total. The number of aliphatic carboxylic acids is 1. The predicted octanol–water partition coefficient (Wildman–Crippen LogP) is -10.5. The molecular weight excluding hydrogens is 209 g/mol. The number of hydrogen-bond donors (Lipinski definition) is 5. The van der Waals surface area contributed by atoms with Gasteiger partial charge in [0.15, 0.2) is 13.1 Å². The minimum Gasteiger partial charge on any atom is -1.00 e. The first-order chi connectivity index (χ1) is 4.66. The largest absolute Gasteiger partial charge is 1.00 e. The molecule has 0 heterocycles. The molecule has 8 heteroatoms. The van der Waals surface area contributed by atoms with Crippen LogP contribution in [0.25, 0.3) is 0 Å². The molecule has 0 atom stereocenters. The quantitative estimate of drug-likeness (QED) is 0.140. The molecule has 0 saturated heterocycles. The van der Waals surface area contributed by atoms with E-state index in [0.29, 0.717) is 0 Å². The molecule has 0 radical (unpaired) electrons. The van der Waals surface area contributed by atoms with Crippen molar-refractivity contribution in [3.05, 3.63) is 0 Å². The maximum absolute atomic E-state index is 9.90. The second kappa shape index (κ2) is 10.3. The zero-order chi connectivity index (χ0) is 7.98. The van der Waals surface area contributed by atoms with E-state index in [4.69, 9.17) is 16.0 Å². The summed E-state index contributed by atoms with van der Waals surface area (Å²) in [5.74, 6) is -0.771. The molecule has 74 valence electrons. The Labute approximate surface area is 81.6 Å². The van der Waals surface area contributed by atoms with Crippen molar-refractivity contribution < 1.29 is 50.4 Å². The van der Waals surface area contributed by atoms with Gasteiger partial charge in [-0.05, 0) is 0 Å². The first-order valence-electron chi connectivity index (χ1n) is 2.71. The number of carboxylic acid groups (broad SMARTS) is 1. The topological polar surface area (TPSA) is 114 Å². The van der Waals surface area contributed by atoms with Gasteiger partial charge < -0.3 is 40.4 Å². The van der Waals surface area contributed by atoms with E-state index >= 15 is 0 Å². The Balaban J connectivity index is -0.000000405. The summed E-state index contributed by atoms with van der Waals surface area (Å²) in [7, 11) is 0. The number of halogens is 2. The lowest BCUT2D eigenvalue weighted by Crippen LogP contribution is -3.00. The first kappa shape index (κ1) is 17.4. The molecule has 0 fully saturated rings. The van der Waals surface area contributed by atoms with Crippen molar-refractivity contribution in [2.24, 2.45) is 5.73 Å². The second-order valence-electron chi connectivity index (χ2n) is 1.73. The van der Waals surface area contributed by atoms with Gasteiger partial charge in [0.05, 0.1) is 0 Å². The minimum absolute atomic E-state index is 0. The van der Waals surface area contributed by atoms with Gasteiger partial charge in [-0.3, -0.25) is 5.73 Å². The van der Waals surface area contributed by atoms with Crippen molar-refractivity contribution in [1.82, 2.24) is 0 Å². The zero-order valence-electron chi connectivity index (χ0n) is 6.13. The number of carbonyl (C=O) groups is 1. The number of amidine groups is 1. The lowest BCUT2D eigenvalue weighted by molar-refractivity contribution is -0.746. The van der Waals surface area contributed by atoms with Crippen molar-refractivity contribution in [3.63, 3.8) is 0 Å². The third kappa shape index (κ3) is 12.0. The molecule has 0 aromatic rings. The third-order valence-corrected chi connectivity index (χ3v) is 0.827. The maximum Gasteiger partial charge on any atom is 0.359 e. The average molecular weight is 220 g/mol. The molecule has 0 unspecified atom stereocenters. The lowest BCUT2D eigenvalue weighted by Gasteiger charge is -1.90. The fourth-order valence-electron chi connectivity index (χ4n) is 0.397. The van der Waals surface area contributed by atoms with E-state index in [1.165, 1.54) is 5.32 Å². The summed E-state index contributed by atoms with van der Waals surface area (Å²) in [4.78, 5) is 9.90. The van der Waals surface area contributed by atoms with Crippen molar-refractivity contribution in [2.45, 2.75) is 0 Å². The van der Waals surface area contributed by atoms with Gasteiger partial charge in [-0.1, -0.05) is 5.16 Å². The molecular formula is C4H11Cl2N3O3. The molecule has 6 nitrogen and oxygen atoms in total. The fraction of sp³-hybridized carbons (Fsp3) is 0.500. The molecule has 0 saturated carbocycles. The number of quaternary nitrogens is 1. The standard InChI is InChI=1S/C4H9N3O3.2ClH/c5-3(7-10)1-6-2-4(8)9;;/h6,10H,1-2H2,(H2,5,7)(H,8,9);2*1H. The Morgan fingerprint density at radius 1 is 1.42 bits per heavy atom. The van der Waals surface area contributed by atoms with Crippen molar-refractivity contribution in [3.8, 4) is 0 Å². The van der Waals surface area contributed by atoms with Gasteiger partial charge in [-0.25, -0.2) is 4.79 Å². The van der Waals surface area contributed by atoms with E-state index in [9.17, 15) is 4.79 Å². The van der Waals surface area contributed by atoms with Crippen LogP contribution in [0.2, 0.25) is 0 Å². The molecule has 0 aliphatic carbocycles. The molecule has 0 bridgehead atoms. The second-order valence-corrected chi connectivity index (χ2v) is 1.73. The minimum atomic E-state index is -0.911. The van der Waals surface area contributed by atoms with Crippen LogP contribution in [-0.4, -0.2) is 35.2 Å². The van der Waals surface area contributed by atoms with Crippen LogP contribution < -0.4 is 41.0 Å². The van der Waals surface area contributed by atoms with Crippen LogP contribution in [0.4, 0.5) is 0 Å². The highest BCUT2D eigenvalue weighted by Crippen LogP contribution is 1.46. The van der Waals surface area contributed by atoms with E-state index in [1.807, 2.05) is 0 Å². The summed E-state index contributed by atoms with van der Waals surface area (Å²) < 4.78 is 0. The summed E-state index contributed by atoms with van der Waals surface area (Å²) >= 11 is 0. The Hall–Kier alpha value is -0.720. The van der Waals surface area contributed by atoms with Gasteiger partial charge in [-0.15, -0.1) is 0 Å². The van der Waals surface area contributed by atoms with Crippen LogP contribution in [0.1, 0.15) is 0 Å². The van der Waals surface area contributed by atoms with Crippen molar-refractivity contribution >= 4 is 11.8 Å². The van der Waals surface area contributed by atoms with Gasteiger partial charge in [0.25, 0.3) is 0 Å². The summed E-state index contributed by atoms with van der Waals surface area (Å²) in [6.07, 6.45) is 0. The molecule has 0 aliphatic rings. The molecule has 0 aromatic heterocycles. The van der Waals surface area contributed by atoms with Crippen LogP contribution in [0.3, 0.4) is 0 Å². The molecule has 0 spiro atoms. The zero-order valence-corrected chi connectivity index (χ0v) is 7.64. The third-order valence-electron chi connectivity index (χ3n) is 0.827. The lowest BCUT2D eigenvalue weighted by atomic mass is 10.5. The van der Waals surface area contributed by atoms with Crippen molar-refractivity contribution in [1.29, 1.82) is 0 Å². The highest BCUT2D eigenvalue weighted by molar-refractivity contribution is 5.75. The van der Waals surface area contributed by atoms with Gasteiger partial charge >= 0.3 is 11.8 Å². The summed E-state index contributed by atoms with van der Waals surface area (Å²) in [6.45, 7) is 0.200. The molecule has 12 heavy (non-hydrogen) atoms. The Kier molecular flexibility index (Phi) is 14.9. The summed E-state index contributed by atoms with van der Waals surface area (Å²) in [5.41, 5.74) is 5.09. The summed E-state index contributed by atoms with van der Waals surface area (Å²) in [5, 5.41) is 19.4. The first-order valence-corrected chi connectivity index (χ1v) is 2.71. The summed E-state index contributed by atoms with van der Waals surface area (Å²) in [6, 6.07) is 0. The van der Waals surface area contributed by atoms with Gasteiger partial charge in [0.2, 0.25) is 0 Å². The van der Waals surface area contributed by atoms with E-state index in [-0.39, 0.29) is 43.7 Å². The smallest absolute Gasteiger partial charge is 0.359 e. The number of hydrogen-bond acceptors (Lipinski definition) is 2. The van der Waals surface area contributed by atoms with Crippen LogP contribution in [0.5, 0.6) is 0 Å².